The molecule has 2 rings (SSSR count). The summed E-state index contributed by atoms with van der Waals surface area (Å²) >= 11 is 0. The van der Waals surface area contributed by atoms with Gasteiger partial charge in [0, 0.05) is 11.8 Å². The molecule has 1 N–H and O–H groups in total. The van der Waals surface area contributed by atoms with Crippen molar-refractivity contribution in [2.45, 2.75) is 6.61 Å². The number of nitrogens with zero attached hydrogens (tertiary/aromatic N) is 1. The molecule has 0 fully saturated rings. The lowest BCUT2D eigenvalue weighted by molar-refractivity contribution is 0.282. The van der Waals surface area contributed by atoms with E-state index in [1.54, 1.807) is 24.4 Å². The molecule has 0 saturated heterocycles. The molecule has 0 spiro atoms. The first kappa shape index (κ1) is 11.5. The van der Waals surface area contributed by atoms with E-state index >= 15 is 0 Å². The van der Waals surface area contributed by atoms with E-state index in [0.29, 0.717) is 22.6 Å². The third-order valence-corrected chi connectivity index (χ3v) is 2.50. The Kier molecular flexibility index (Phi) is 3.35. The zero-order chi connectivity index (χ0) is 12.3. The van der Waals surface area contributed by atoms with Gasteiger partial charge in [-0.15, -0.1) is 0 Å². The Balaban J connectivity index is 2.62. The van der Waals surface area contributed by atoms with Crippen molar-refractivity contribution >= 4 is 0 Å². The molecule has 0 aliphatic rings. The van der Waals surface area contributed by atoms with Crippen molar-refractivity contribution in [3.05, 3.63) is 47.9 Å². The summed E-state index contributed by atoms with van der Waals surface area (Å²) in [6, 6.07) is 7.75. The van der Waals surface area contributed by atoms with Crippen LogP contribution in [0.4, 0.5) is 4.39 Å². The Hall–Kier alpha value is -1.94. The van der Waals surface area contributed by atoms with Gasteiger partial charge in [-0.2, -0.15) is 0 Å². The molecule has 3 nitrogen and oxygen atoms in total. The molecular formula is C13H12FNO2. The van der Waals surface area contributed by atoms with E-state index in [1.165, 1.54) is 19.2 Å². The molecule has 17 heavy (non-hydrogen) atoms. The van der Waals surface area contributed by atoms with Crippen LogP contribution in [0, 0.1) is 5.82 Å². The van der Waals surface area contributed by atoms with Crippen molar-refractivity contribution in [2.75, 3.05) is 7.11 Å². The highest BCUT2D eigenvalue weighted by Crippen LogP contribution is 2.31. The van der Waals surface area contributed by atoms with Crippen LogP contribution in [0.2, 0.25) is 0 Å². The molecule has 1 aromatic carbocycles. The fourth-order valence-electron chi connectivity index (χ4n) is 1.70. The Labute approximate surface area is 98.5 Å². The first-order valence-electron chi connectivity index (χ1n) is 5.15. The summed E-state index contributed by atoms with van der Waals surface area (Å²) in [5.74, 6) is 0.0518. The monoisotopic (exact) mass is 233 g/mol. The van der Waals surface area contributed by atoms with Crippen LogP contribution < -0.4 is 4.74 Å². The number of halogens is 1. The molecule has 1 aromatic heterocycles. The van der Waals surface area contributed by atoms with Gasteiger partial charge in [0.15, 0.2) is 0 Å². The zero-order valence-corrected chi connectivity index (χ0v) is 9.35. The van der Waals surface area contributed by atoms with Crippen molar-refractivity contribution in [3.63, 3.8) is 0 Å². The number of methoxy groups -OCH3 is 1. The SMILES string of the molecule is COc1ncccc1-c1cc(F)ccc1CO. The van der Waals surface area contributed by atoms with Crippen LogP contribution in [-0.2, 0) is 6.61 Å². The van der Waals surface area contributed by atoms with Gasteiger partial charge in [0.1, 0.15) is 5.82 Å². The number of ether oxygens (including phenoxy) is 1. The number of hydrogen-bond acceptors (Lipinski definition) is 3. The van der Waals surface area contributed by atoms with Crippen LogP contribution in [0.5, 0.6) is 5.88 Å². The van der Waals surface area contributed by atoms with Crippen LogP contribution in [0.25, 0.3) is 11.1 Å². The molecule has 1 heterocycles. The van der Waals surface area contributed by atoms with Crippen LogP contribution in [-0.4, -0.2) is 17.2 Å². The maximum atomic E-state index is 13.3. The highest BCUT2D eigenvalue weighted by molar-refractivity contribution is 5.71. The normalized spacial score (nSPS) is 10.3. The Morgan fingerprint density at radius 1 is 1.29 bits per heavy atom. The fourth-order valence-corrected chi connectivity index (χ4v) is 1.70. The average molecular weight is 233 g/mol. The first-order chi connectivity index (χ1) is 8.26. The second-order valence-electron chi connectivity index (χ2n) is 3.52. The van der Waals surface area contributed by atoms with Crippen molar-refractivity contribution in [2.24, 2.45) is 0 Å². The molecule has 0 bridgehead atoms. The Morgan fingerprint density at radius 2 is 2.12 bits per heavy atom. The number of aliphatic hydroxyl groups is 1. The summed E-state index contributed by atoms with van der Waals surface area (Å²) in [7, 11) is 1.50. The first-order valence-corrected chi connectivity index (χ1v) is 5.15. The van der Waals surface area contributed by atoms with Crippen LogP contribution in [0.3, 0.4) is 0 Å². The number of pyridine rings is 1. The summed E-state index contributed by atoms with van der Waals surface area (Å²) in [4.78, 5) is 4.05. The van der Waals surface area contributed by atoms with Gasteiger partial charge in [0.2, 0.25) is 5.88 Å². The number of rotatable bonds is 3. The van der Waals surface area contributed by atoms with E-state index in [2.05, 4.69) is 4.98 Å². The Bertz CT molecular complexity index is 529. The highest BCUT2D eigenvalue weighted by atomic mass is 19.1. The van der Waals surface area contributed by atoms with Gasteiger partial charge in [-0.05, 0) is 35.4 Å². The number of aliphatic hydroxyl groups excluding tert-OH is 1. The molecule has 4 heteroatoms. The minimum absolute atomic E-state index is 0.159. The van der Waals surface area contributed by atoms with Gasteiger partial charge >= 0.3 is 0 Å². The largest absolute Gasteiger partial charge is 0.481 e. The van der Waals surface area contributed by atoms with Gasteiger partial charge in [-0.25, -0.2) is 9.37 Å². The summed E-state index contributed by atoms with van der Waals surface area (Å²) in [6.07, 6.45) is 1.60. The quantitative estimate of drug-likeness (QED) is 0.885. The van der Waals surface area contributed by atoms with E-state index in [1.807, 2.05) is 0 Å². The van der Waals surface area contributed by atoms with Crippen molar-refractivity contribution in [1.82, 2.24) is 4.98 Å². The van der Waals surface area contributed by atoms with E-state index in [4.69, 9.17) is 4.74 Å². The standard InChI is InChI=1S/C13H12FNO2/c1-17-13-11(3-2-6-15-13)12-7-10(14)5-4-9(12)8-16/h2-7,16H,8H2,1H3. The van der Waals surface area contributed by atoms with E-state index in [9.17, 15) is 9.50 Å². The van der Waals surface area contributed by atoms with Crippen LogP contribution in [0.15, 0.2) is 36.5 Å². The maximum absolute atomic E-state index is 13.3. The third-order valence-electron chi connectivity index (χ3n) is 2.50. The molecule has 0 aliphatic carbocycles. The number of aromatic nitrogens is 1. The summed E-state index contributed by atoms with van der Waals surface area (Å²) in [6.45, 7) is -0.159. The lowest BCUT2D eigenvalue weighted by Crippen LogP contribution is -1.95. The molecule has 0 saturated carbocycles. The van der Waals surface area contributed by atoms with E-state index in [-0.39, 0.29) is 12.4 Å². The predicted octanol–water partition coefficient (Wildman–Crippen LogP) is 2.39. The van der Waals surface area contributed by atoms with Crippen LogP contribution >= 0.6 is 0 Å². The van der Waals surface area contributed by atoms with Gasteiger partial charge in [0.05, 0.1) is 13.7 Å². The van der Waals surface area contributed by atoms with E-state index < -0.39 is 0 Å². The zero-order valence-electron chi connectivity index (χ0n) is 9.35. The highest BCUT2D eigenvalue weighted by Gasteiger charge is 2.11. The molecule has 0 radical (unpaired) electrons. The molecule has 0 aliphatic heterocycles. The maximum Gasteiger partial charge on any atom is 0.221 e. The van der Waals surface area contributed by atoms with Gasteiger partial charge in [-0.1, -0.05) is 6.07 Å². The van der Waals surface area contributed by atoms with Crippen LogP contribution in [0.1, 0.15) is 5.56 Å². The molecule has 0 atom stereocenters. The van der Waals surface area contributed by atoms with Gasteiger partial charge in [-0.3, -0.25) is 0 Å². The second-order valence-corrected chi connectivity index (χ2v) is 3.52. The summed E-state index contributed by atoms with van der Waals surface area (Å²) < 4.78 is 18.4. The topological polar surface area (TPSA) is 42.4 Å². The molecular weight excluding hydrogens is 221 g/mol. The van der Waals surface area contributed by atoms with Gasteiger partial charge in [0.25, 0.3) is 0 Å². The summed E-state index contributed by atoms with van der Waals surface area (Å²) in [5.41, 5.74) is 1.90. The molecule has 88 valence electrons. The predicted molar refractivity (Wildman–Crippen MR) is 62.1 cm³/mol. The van der Waals surface area contributed by atoms with Crippen molar-refractivity contribution in [3.8, 4) is 17.0 Å². The minimum atomic E-state index is -0.358. The van der Waals surface area contributed by atoms with Crippen molar-refractivity contribution in [1.29, 1.82) is 0 Å². The average Bonchev–Trinajstić information content (AvgIpc) is 2.38. The van der Waals surface area contributed by atoms with Gasteiger partial charge < -0.3 is 9.84 Å². The fraction of sp³-hybridized carbons (Fsp3) is 0.154. The number of hydrogen-bond donors (Lipinski definition) is 1. The lowest BCUT2D eigenvalue weighted by atomic mass is 10.0. The molecule has 0 amide bonds. The minimum Gasteiger partial charge on any atom is -0.481 e. The summed E-state index contributed by atoms with van der Waals surface area (Å²) in [5, 5.41) is 9.25. The molecule has 2 aromatic rings. The second kappa shape index (κ2) is 4.93. The lowest BCUT2D eigenvalue weighted by Gasteiger charge is -2.10. The van der Waals surface area contributed by atoms with Crippen molar-refractivity contribution < 1.29 is 14.2 Å². The smallest absolute Gasteiger partial charge is 0.221 e. The number of benzene rings is 1. The third kappa shape index (κ3) is 2.26. The van der Waals surface area contributed by atoms with E-state index in [0.717, 1.165) is 0 Å². The Morgan fingerprint density at radius 3 is 2.82 bits per heavy atom. The molecule has 0 unspecified atom stereocenters.